The Morgan fingerprint density at radius 1 is 1.29 bits per heavy atom. The van der Waals surface area contributed by atoms with Crippen molar-refractivity contribution in [1.29, 1.82) is 0 Å². The van der Waals surface area contributed by atoms with Crippen LogP contribution in [0.4, 0.5) is 5.82 Å². The van der Waals surface area contributed by atoms with Gasteiger partial charge in [0.25, 0.3) is 0 Å². The fraction of sp³-hybridized carbons (Fsp3) is 0.471. The standard InChI is InChI=1S/C17H21ClN2O/c1-21-14-7-6-12-8-9-19-17(15(12)10-14)20-16-5-3-2-4-13(16)11-18/h6-10,13,16H,2-5,11H2,1H3,(H,19,20). The highest BCUT2D eigenvalue weighted by Gasteiger charge is 2.24. The van der Waals surface area contributed by atoms with E-state index in [1.54, 1.807) is 7.11 Å². The Morgan fingerprint density at radius 3 is 2.95 bits per heavy atom. The summed E-state index contributed by atoms with van der Waals surface area (Å²) >= 11 is 6.13. The highest BCUT2D eigenvalue weighted by molar-refractivity contribution is 6.18. The summed E-state index contributed by atoms with van der Waals surface area (Å²) in [5, 5.41) is 5.90. The third-order valence-electron chi connectivity index (χ3n) is 4.40. The van der Waals surface area contributed by atoms with Gasteiger partial charge in [-0.15, -0.1) is 11.6 Å². The molecule has 0 radical (unpaired) electrons. The zero-order chi connectivity index (χ0) is 14.7. The van der Waals surface area contributed by atoms with Gasteiger partial charge in [0.1, 0.15) is 11.6 Å². The summed E-state index contributed by atoms with van der Waals surface area (Å²) < 4.78 is 5.33. The molecule has 2 unspecified atom stereocenters. The number of anilines is 1. The van der Waals surface area contributed by atoms with Crippen LogP contribution in [0.15, 0.2) is 30.5 Å². The lowest BCUT2D eigenvalue weighted by atomic mass is 9.85. The molecule has 112 valence electrons. The lowest BCUT2D eigenvalue weighted by Crippen LogP contribution is -2.33. The van der Waals surface area contributed by atoms with Crippen molar-refractivity contribution in [3.05, 3.63) is 30.5 Å². The third-order valence-corrected chi connectivity index (χ3v) is 4.80. The molecule has 1 aromatic carbocycles. The van der Waals surface area contributed by atoms with Gasteiger partial charge in [-0.25, -0.2) is 4.98 Å². The van der Waals surface area contributed by atoms with Crippen LogP contribution in [-0.4, -0.2) is 24.0 Å². The van der Waals surface area contributed by atoms with Crippen LogP contribution in [-0.2, 0) is 0 Å². The molecule has 0 aliphatic heterocycles. The van der Waals surface area contributed by atoms with E-state index in [0.29, 0.717) is 17.8 Å². The molecule has 1 heterocycles. The van der Waals surface area contributed by atoms with Crippen molar-refractivity contribution < 1.29 is 4.74 Å². The van der Waals surface area contributed by atoms with E-state index < -0.39 is 0 Å². The highest BCUT2D eigenvalue weighted by atomic mass is 35.5. The number of aromatic nitrogens is 1. The lowest BCUT2D eigenvalue weighted by Gasteiger charge is -2.31. The molecule has 2 atom stereocenters. The van der Waals surface area contributed by atoms with Crippen LogP contribution in [0.1, 0.15) is 25.7 Å². The lowest BCUT2D eigenvalue weighted by molar-refractivity contribution is 0.353. The molecule has 1 aliphatic carbocycles. The van der Waals surface area contributed by atoms with Gasteiger partial charge >= 0.3 is 0 Å². The summed E-state index contributed by atoms with van der Waals surface area (Å²) in [6.45, 7) is 0. The number of methoxy groups -OCH3 is 1. The van der Waals surface area contributed by atoms with E-state index in [1.807, 2.05) is 24.4 Å². The molecule has 1 aliphatic rings. The monoisotopic (exact) mass is 304 g/mol. The Balaban J connectivity index is 1.92. The predicted octanol–water partition coefficient (Wildman–Crippen LogP) is 4.45. The smallest absolute Gasteiger partial charge is 0.134 e. The van der Waals surface area contributed by atoms with E-state index in [-0.39, 0.29) is 0 Å². The first kappa shape index (κ1) is 14.5. The van der Waals surface area contributed by atoms with Crippen molar-refractivity contribution in [2.75, 3.05) is 18.3 Å². The van der Waals surface area contributed by atoms with E-state index in [1.165, 1.54) is 31.1 Å². The number of halogens is 1. The second kappa shape index (κ2) is 6.52. The summed E-state index contributed by atoms with van der Waals surface area (Å²) in [5.41, 5.74) is 0. The highest BCUT2D eigenvalue weighted by Crippen LogP contribution is 2.31. The molecule has 1 fully saturated rings. The molecule has 1 aromatic heterocycles. The fourth-order valence-corrected chi connectivity index (χ4v) is 3.52. The van der Waals surface area contributed by atoms with Gasteiger partial charge in [0.2, 0.25) is 0 Å². The molecule has 0 amide bonds. The second-order valence-corrected chi connectivity index (χ2v) is 6.00. The Labute approximate surface area is 130 Å². The van der Waals surface area contributed by atoms with Gasteiger partial charge in [-0.2, -0.15) is 0 Å². The van der Waals surface area contributed by atoms with E-state index in [9.17, 15) is 0 Å². The van der Waals surface area contributed by atoms with Crippen LogP contribution < -0.4 is 10.1 Å². The van der Waals surface area contributed by atoms with Crippen molar-refractivity contribution in [1.82, 2.24) is 4.98 Å². The molecule has 1 N–H and O–H groups in total. The van der Waals surface area contributed by atoms with Gasteiger partial charge in [-0.05, 0) is 42.3 Å². The number of rotatable bonds is 4. The molecule has 21 heavy (non-hydrogen) atoms. The number of nitrogens with zero attached hydrogens (tertiary/aromatic N) is 1. The first-order valence-electron chi connectivity index (χ1n) is 7.57. The zero-order valence-corrected chi connectivity index (χ0v) is 13.1. The molecule has 0 bridgehead atoms. The first-order valence-corrected chi connectivity index (χ1v) is 8.10. The van der Waals surface area contributed by atoms with Crippen molar-refractivity contribution in [2.24, 2.45) is 5.92 Å². The second-order valence-electron chi connectivity index (χ2n) is 5.70. The van der Waals surface area contributed by atoms with Crippen LogP contribution in [0.2, 0.25) is 0 Å². The third kappa shape index (κ3) is 3.08. The average molecular weight is 305 g/mol. The van der Waals surface area contributed by atoms with Gasteiger partial charge in [-0.1, -0.05) is 18.9 Å². The number of ether oxygens (including phenoxy) is 1. The summed E-state index contributed by atoms with van der Waals surface area (Å²) in [4.78, 5) is 4.54. The number of nitrogens with one attached hydrogen (secondary N) is 1. The van der Waals surface area contributed by atoms with E-state index in [0.717, 1.165) is 17.0 Å². The van der Waals surface area contributed by atoms with Crippen molar-refractivity contribution in [3.8, 4) is 5.75 Å². The van der Waals surface area contributed by atoms with E-state index >= 15 is 0 Å². The normalized spacial score (nSPS) is 22.2. The number of hydrogen-bond donors (Lipinski definition) is 1. The maximum Gasteiger partial charge on any atom is 0.134 e. The number of hydrogen-bond acceptors (Lipinski definition) is 3. The van der Waals surface area contributed by atoms with Crippen LogP contribution >= 0.6 is 11.6 Å². The summed E-state index contributed by atoms with van der Waals surface area (Å²) in [6.07, 6.45) is 6.77. The molecule has 0 spiro atoms. The molecule has 3 rings (SSSR count). The molecule has 0 saturated heterocycles. The maximum atomic E-state index is 6.13. The number of fused-ring (bicyclic) bond motifs is 1. The van der Waals surface area contributed by atoms with Crippen LogP contribution in [0, 0.1) is 5.92 Å². The van der Waals surface area contributed by atoms with E-state index in [2.05, 4.69) is 16.4 Å². The summed E-state index contributed by atoms with van der Waals surface area (Å²) in [7, 11) is 1.69. The van der Waals surface area contributed by atoms with Crippen LogP contribution in [0.25, 0.3) is 10.8 Å². The van der Waals surface area contributed by atoms with Gasteiger partial charge < -0.3 is 10.1 Å². The fourth-order valence-electron chi connectivity index (χ4n) is 3.15. The Hall–Kier alpha value is -1.48. The molecular formula is C17H21ClN2O. The topological polar surface area (TPSA) is 34.1 Å². The van der Waals surface area contributed by atoms with Crippen molar-refractivity contribution in [3.63, 3.8) is 0 Å². The van der Waals surface area contributed by atoms with Gasteiger partial charge in [0, 0.05) is 23.5 Å². The van der Waals surface area contributed by atoms with Crippen molar-refractivity contribution >= 4 is 28.2 Å². The quantitative estimate of drug-likeness (QED) is 0.847. The minimum Gasteiger partial charge on any atom is -0.497 e. The van der Waals surface area contributed by atoms with Crippen LogP contribution in [0.5, 0.6) is 5.75 Å². The average Bonchev–Trinajstić information content (AvgIpc) is 2.55. The Bertz CT molecular complexity index is 617. The minimum atomic E-state index is 0.417. The zero-order valence-electron chi connectivity index (χ0n) is 12.3. The molecule has 3 nitrogen and oxygen atoms in total. The van der Waals surface area contributed by atoms with Gasteiger partial charge in [-0.3, -0.25) is 0 Å². The maximum absolute atomic E-state index is 6.13. The first-order chi connectivity index (χ1) is 10.3. The minimum absolute atomic E-state index is 0.417. The molecule has 2 aromatic rings. The molecule has 4 heteroatoms. The Kier molecular flexibility index (Phi) is 4.49. The Morgan fingerprint density at radius 2 is 2.14 bits per heavy atom. The number of benzene rings is 1. The molecule has 1 saturated carbocycles. The predicted molar refractivity (Wildman–Crippen MR) is 88.4 cm³/mol. The number of pyridine rings is 1. The SMILES string of the molecule is COc1ccc2ccnc(NC3CCCCC3CCl)c2c1. The molecular weight excluding hydrogens is 284 g/mol. The van der Waals surface area contributed by atoms with Crippen LogP contribution in [0.3, 0.4) is 0 Å². The van der Waals surface area contributed by atoms with Gasteiger partial charge in [0.05, 0.1) is 7.11 Å². The number of alkyl halides is 1. The van der Waals surface area contributed by atoms with Crippen molar-refractivity contribution in [2.45, 2.75) is 31.7 Å². The summed E-state index contributed by atoms with van der Waals surface area (Å²) in [6, 6.07) is 8.54. The van der Waals surface area contributed by atoms with E-state index in [4.69, 9.17) is 16.3 Å². The largest absolute Gasteiger partial charge is 0.497 e. The summed E-state index contributed by atoms with van der Waals surface area (Å²) in [5.74, 6) is 3.04. The van der Waals surface area contributed by atoms with Gasteiger partial charge in [0.15, 0.2) is 0 Å².